The second-order valence-corrected chi connectivity index (χ2v) is 6.67. The Morgan fingerprint density at radius 3 is 2.60 bits per heavy atom. The van der Waals surface area contributed by atoms with Crippen molar-refractivity contribution >= 4 is 23.0 Å². The number of aryl methyl sites for hydroxylation is 2. The van der Waals surface area contributed by atoms with E-state index in [-0.39, 0.29) is 24.1 Å². The van der Waals surface area contributed by atoms with Gasteiger partial charge in [-0.25, -0.2) is 4.79 Å². The van der Waals surface area contributed by atoms with Crippen molar-refractivity contribution in [2.24, 2.45) is 0 Å². The lowest BCUT2D eigenvalue weighted by Gasteiger charge is -2.00. The minimum absolute atomic E-state index is 0.0288. The number of hydrogen-bond donors (Lipinski definition) is 0. The number of aromatic nitrogens is 2. The molecule has 0 fully saturated rings. The van der Waals surface area contributed by atoms with Crippen molar-refractivity contribution in [1.82, 2.24) is 10.2 Å². The fourth-order valence-electron chi connectivity index (χ4n) is 2.19. The van der Waals surface area contributed by atoms with Gasteiger partial charge in [0, 0.05) is 27.5 Å². The first-order valence-electron chi connectivity index (χ1n) is 7.25. The van der Waals surface area contributed by atoms with E-state index in [0.717, 1.165) is 9.75 Å². The molecule has 0 N–H and O–H groups in total. The summed E-state index contributed by atoms with van der Waals surface area (Å²) in [5.74, 6) is -0.105. The second-order valence-electron chi connectivity index (χ2n) is 5.21. The lowest BCUT2D eigenvalue weighted by molar-refractivity contribution is -0.384. The quantitative estimate of drug-likeness (QED) is 0.388. The van der Waals surface area contributed by atoms with Gasteiger partial charge < -0.3 is 9.15 Å². The lowest BCUT2D eigenvalue weighted by Crippen LogP contribution is -2.05. The molecule has 0 amide bonds. The molecule has 0 atom stereocenters. The molecule has 3 aromatic rings. The summed E-state index contributed by atoms with van der Waals surface area (Å²) in [7, 11) is 0. The van der Waals surface area contributed by atoms with Gasteiger partial charge in [-0.15, -0.1) is 21.5 Å². The predicted molar refractivity (Wildman–Crippen MR) is 89.3 cm³/mol. The molecule has 128 valence electrons. The lowest BCUT2D eigenvalue weighted by atomic mass is 10.2. The van der Waals surface area contributed by atoms with Crippen LogP contribution < -0.4 is 0 Å². The first-order valence-corrected chi connectivity index (χ1v) is 8.07. The minimum atomic E-state index is -0.489. The number of non-ortho nitro benzene ring substituents is 1. The number of nitro benzene ring substituents is 1. The van der Waals surface area contributed by atoms with Crippen LogP contribution in [0.4, 0.5) is 5.69 Å². The Hall–Kier alpha value is -3.07. The fourth-order valence-corrected chi connectivity index (χ4v) is 3.10. The Balaban J connectivity index is 1.66. The van der Waals surface area contributed by atoms with E-state index in [1.165, 1.54) is 35.6 Å². The molecule has 0 bridgehead atoms. The van der Waals surface area contributed by atoms with Gasteiger partial charge in [-0.05, 0) is 32.0 Å². The Morgan fingerprint density at radius 2 is 2.00 bits per heavy atom. The minimum Gasteiger partial charge on any atom is -0.452 e. The highest BCUT2D eigenvalue weighted by molar-refractivity contribution is 7.12. The summed E-state index contributed by atoms with van der Waals surface area (Å²) in [4.78, 5) is 24.1. The molecule has 0 saturated heterocycles. The molecular weight excluding hydrogens is 346 g/mol. The average Bonchev–Trinajstić information content (AvgIpc) is 3.19. The van der Waals surface area contributed by atoms with E-state index >= 15 is 0 Å². The van der Waals surface area contributed by atoms with E-state index in [4.69, 9.17) is 9.15 Å². The number of nitro groups is 1. The van der Waals surface area contributed by atoms with Crippen LogP contribution in [0.2, 0.25) is 0 Å². The van der Waals surface area contributed by atoms with Crippen molar-refractivity contribution in [1.29, 1.82) is 0 Å². The Morgan fingerprint density at radius 1 is 1.28 bits per heavy atom. The van der Waals surface area contributed by atoms with Gasteiger partial charge in [-0.2, -0.15) is 0 Å². The highest BCUT2D eigenvalue weighted by atomic mass is 32.1. The zero-order chi connectivity index (χ0) is 18.0. The summed E-state index contributed by atoms with van der Waals surface area (Å²) in [6.45, 7) is 3.63. The third kappa shape index (κ3) is 3.72. The molecule has 25 heavy (non-hydrogen) atoms. The van der Waals surface area contributed by atoms with E-state index in [9.17, 15) is 14.9 Å². The molecular formula is C16H13N3O5S. The van der Waals surface area contributed by atoms with Gasteiger partial charge in [0.1, 0.15) is 0 Å². The largest absolute Gasteiger partial charge is 0.452 e. The first-order chi connectivity index (χ1) is 11.9. The molecule has 2 heterocycles. The van der Waals surface area contributed by atoms with E-state index < -0.39 is 10.9 Å². The molecule has 3 rings (SSSR count). The van der Waals surface area contributed by atoms with Crippen LogP contribution in [0.5, 0.6) is 0 Å². The third-order valence-electron chi connectivity index (χ3n) is 3.38. The SMILES string of the molecule is Cc1cc(C(=O)OCc2nnc(-c3ccc([N+](=O)[O-])cc3)o2)c(C)s1. The van der Waals surface area contributed by atoms with E-state index in [1.807, 2.05) is 13.8 Å². The van der Waals surface area contributed by atoms with Crippen LogP contribution in [0.1, 0.15) is 26.0 Å². The number of ether oxygens (including phenoxy) is 1. The van der Waals surface area contributed by atoms with Crippen LogP contribution in [0.25, 0.3) is 11.5 Å². The molecule has 0 spiro atoms. The smallest absolute Gasteiger partial charge is 0.339 e. The van der Waals surface area contributed by atoms with Crippen molar-refractivity contribution in [2.75, 3.05) is 0 Å². The Bertz CT molecular complexity index is 930. The van der Waals surface area contributed by atoms with Gasteiger partial charge in [0.25, 0.3) is 11.6 Å². The summed E-state index contributed by atoms with van der Waals surface area (Å²) >= 11 is 1.52. The number of carbonyl (C=O) groups is 1. The number of hydrogen-bond acceptors (Lipinski definition) is 8. The summed E-state index contributed by atoms with van der Waals surface area (Å²) < 4.78 is 10.6. The monoisotopic (exact) mass is 359 g/mol. The zero-order valence-corrected chi connectivity index (χ0v) is 14.2. The molecule has 0 aliphatic heterocycles. The number of esters is 1. The van der Waals surface area contributed by atoms with Gasteiger partial charge in [-0.1, -0.05) is 0 Å². The van der Waals surface area contributed by atoms with Crippen LogP contribution >= 0.6 is 11.3 Å². The first kappa shape index (κ1) is 16.8. The van der Waals surface area contributed by atoms with E-state index in [0.29, 0.717) is 11.1 Å². The number of rotatable bonds is 5. The van der Waals surface area contributed by atoms with E-state index in [2.05, 4.69) is 10.2 Å². The molecule has 2 aromatic heterocycles. The van der Waals surface area contributed by atoms with Crippen molar-refractivity contribution in [3.05, 3.63) is 61.7 Å². The normalized spacial score (nSPS) is 10.6. The van der Waals surface area contributed by atoms with Gasteiger partial charge in [0.15, 0.2) is 6.61 Å². The summed E-state index contributed by atoms with van der Waals surface area (Å²) in [5.41, 5.74) is 1.04. The van der Waals surface area contributed by atoms with E-state index in [1.54, 1.807) is 6.07 Å². The molecule has 0 aliphatic rings. The topological polar surface area (TPSA) is 108 Å². The fraction of sp³-hybridized carbons (Fsp3) is 0.188. The molecule has 0 radical (unpaired) electrons. The van der Waals surface area contributed by atoms with Crippen molar-refractivity contribution < 1.29 is 18.9 Å². The van der Waals surface area contributed by atoms with Gasteiger partial charge in [0.05, 0.1) is 10.5 Å². The van der Waals surface area contributed by atoms with Crippen molar-refractivity contribution in [3.8, 4) is 11.5 Å². The summed E-state index contributed by atoms with van der Waals surface area (Å²) in [5, 5.41) is 18.3. The molecule has 0 saturated carbocycles. The maximum absolute atomic E-state index is 12.1. The third-order valence-corrected chi connectivity index (χ3v) is 4.35. The van der Waals surface area contributed by atoms with Crippen LogP contribution in [0.3, 0.4) is 0 Å². The van der Waals surface area contributed by atoms with Crippen LogP contribution in [-0.4, -0.2) is 21.1 Å². The summed E-state index contributed by atoms with van der Waals surface area (Å²) in [6.07, 6.45) is 0. The zero-order valence-electron chi connectivity index (χ0n) is 13.4. The Labute approximate surface area is 146 Å². The standard InChI is InChI=1S/C16H13N3O5S/c1-9-7-13(10(2)25-9)16(20)23-8-14-17-18-15(24-14)11-3-5-12(6-4-11)19(21)22/h3-7H,8H2,1-2H3. The predicted octanol–water partition coefficient (Wildman–Crippen LogP) is 3.68. The van der Waals surface area contributed by atoms with Crippen LogP contribution in [0.15, 0.2) is 34.7 Å². The maximum Gasteiger partial charge on any atom is 0.339 e. The maximum atomic E-state index is 12.1. The van der Waals surface area contributed by atoms with Gasteiger partial charge in [0.2, 0.25) is 5.89 Å². The van der Waals surface area contributed by atoms with Crippen LogP contribution in [-0.2, 0) is 11.3 Å². The highest BCUT2D eigenvalue weighted by Gasteiger charge is 2.16. The Kier molecular flexibility index (Phi) is 4.57. The number of benzene rings is 1. The van der Waals surface area contributed by atoms with Crippen LogP contribution in [0, 0.1) is 24.0 Å². The molecule has 8 nitrogen and oxygen atoms in total. The highest BCUT2D eigenvalue weighted by Crippen LogP contribution is 2.23. The van der Waals surface area contributed by atoms with Crippen molar-refractivity contribution in [3.63, 3.8) is 0 Å². The second kappa shape index (κ2) is 6.81. The van der Waals surface area contributed by atoms with Gasteiger partial charge in [-0.3, -0.25) is 10.1 Å². The number of carbonyl (C=O) groups excluding carboxylic acids is 1. The molecule has 0 unspecified atom stereocenters. The van der Waals surface area contributed by atoms with Crippen molar-refractivity contribution in [2.45, 2.75) is 20.5 Å². The molecule has 9 heteroatoms. The van der Waals surface area contributed by atoms with Gasteiger partial charge >= 0.3 is 5.97 Å². The number of thiophene rings is 1. The summed E-state index contributed by atoms with van der Waals surface area (Å²) in [6, 6.07) is 7.50. The molecule has 1 aromatic carbocycles. The molecule has 0 aliphatic carbocycles. The number of nitrogens with zero attached hydrogens (tertiary/aromatic N) is 3. The average molecular weight is 359 g/mol.